The van der Waals surface area contributed by atoms with Crippen LogP contribution in [-0.4, -0.2) is 20.9 Å². The summed E-state index contributed by atoms with van der Waals surface area (Å²) in [5, 5.41) is 10.4. The van der Waals surface area contributed by atoms with Gasteiger partial charge in [0.25, 0.3) is 0 Å². The minimum Gasteiger partial charge on any atom is -0.270 e. The first-order chi connectivity index (χ1) is 7.40. The number of fused-ring (bicyclic) bond motifs is 3. The molecule has 2 aromatic heterocycles. The van der Waals surface area contributed by atoms with E-state index >= 15 is 0 Å². The second-order valence-corrected chi connectivity index (χ2v) is 4.05. The summed E-state index contributed by atoms with van der Waals surface area (Å²) in [7, 11) is 0. The summed E-state index contributed by atoms with van der Waals surface area (Å²) >= 11 is 1.61. The molecule has 0 aliphatic rings. The molecule has 0 fully saturated rings. The molecule has 0 radical (unpaired) electrons. The molecular weight excluding hydrogens is 333 g/mol. The lowest BCUT2D eigenvalue weighted by Crippen LogP contribution is -1.89. The monoisotopic (exact) mass is 343 g/mol. The maximum atomic E-state index is 4.14. The summed E-state index contributed by atoms with van der Waals surface area (Å²) in [5.41, 5.74) is 2.06. The number of nitrogens with zero attached hydrogens (tertiary/aromatic N) is 3. The van der Waals surface area contributed by atoms with E-state index in [1.165, 1.54) is 5.39 Å². The molecule has 0 N–H and O–H groups in total. The van der Waals surface area contributed by atoms with Gasteiger partial charge < -0.3 is 0 Å². The van der Waals surface area contributed by atoms with E-state index < -0.39 is 0 Å². The van der Waals surface area contributed by atoms with Crippen molar-refractivity contribution in [1.29, 1.82) is 0 Å². The molecule has 5 heteroatoms. The third-order valence-electron chi connectivity index (χ3n) is 2.43. The van der Waals surface area contributed by atoms with Gasteiger partial charge in [-0.3, -0.25) is 4.40 Å². The SMILES string of the molecule is CSc1nnc2ccc3ccccc3n12.I. The molecule has 3 nitrogen and oxygen atoms in total. The highest BCUT2D eigenvalue weighted by molar-refractivity contribution is 14.0. The number of pyridine rings is 1. The number of para-hydroxylation sites is 1. The Labute approximate surface area is 114 Å². The Bertz CT molecular complexity index is 635. The van der Waals surface area contributed by atoms with E-state index in [9.17, 15) is 0 Å². The van der Waals surface area contributed by atoms with Gasteiger partial charge in [-0.15, -0.1) is 34.2 Å². The third kappa shape index (κ3) is 1.67. The van der Waals surface area contributed by atoms with Crippen LogP contribution in [0.1, 0.15) is 0 Å². The Kier molecular flexibility index (Phi) is 3.34. The van der Waals surface area contributed by atoms with Gasteiger partial charge in [0.1, 0.15) is 0 Å². The van der Waals surface area contributed by atoms with Crippen molar-refractivity contribution in [2.45, 2.75) is 5.16 Å². The van der Waals surface area contributed by atoms with Crippen LogP contribution in [0.25, 0.3) is 16.6 Å². The van der Waals surface area contributed by atoms with Crippen molar-refractivity contribution in [1.82, 2.24) is 14.6 Å². The van der Waals surface area contributed by atoms with E-state index in [-0.39, 0.29) is 24.0 Å². The van der Waals surface area contributed by atoms with Crippen molar-refractivity contribution in [3.8, 4) is 0 Å². The first-order valence-corrected chi connectivity index (χ1v) is 5.89. The Morgan fingerprint density at radius 2 is 1.88 bits per heavy atom. The Hall–Kier alpha value is -0.820. The molecule has 0 amide bonds. The highest BCUT2D eigenvalue weighted by Gasteiger charge is 2.06. The molecule has 0 spiro atoms. The zero-order valence-corrected chi connectivity index (χ0v) is 11.8. The van der Waals surface area contributed by atoms with Crippen molar-refractivity contribution >= 4 is 52.3 Å². The lowest BCUT2D eigenvalue weighted by atomic mass is 10.2. The molecule has 0 unspecified atom stereocenters. The number of thioether (sulfide) groups is 1. The molecular formula is C11H10IN3S. The molecule has 3 aromatic rings. The van der Waals surface area contributed by atoms with Gasteiger partial charge in [0.05, 0.1) is 5.52 Å². The van der Waals surface area contributed by atoms with Crippen molar-refractivity contribution < 1.29 is 0 Å². The van der Waals surface area contributed by atoms with Gasteiger partial charge in [-0.05, 0) is 29.8 Å². The van der Waals surface area contributed by atoms with Crippen LogP contribution < -0.4 is 0 Å². The second kappa shape index (κ2) is 4.58. The molecule has 0 bridgehead atoms. The van der Waals surface area contributed by atoms with Crippen LogP contribution in [0.4, 0.5) is 0 Å². The summed E-state index contributed by atoms with van der Waals surface area (Å²) in [6.07, 6.45) is 2.01. The summed E-state index contributed by atoms with van der Waals surface area (Å²) in [4.78, 5) is 0. The Morgan fingerprint density at radius 3 is 2.69 bits per heavy atom. The zero-order valence-electron chi connectivity index (χ0n) is 8.62. The van der Waals surface area contributed by atoms with E-state index in [2.05, 4.69) is 32.8 Å². The smallest absolute Gasteiger partial charge is 0.195 e. The summed E-state index contributed by atoms with van der Waals surface area (Å²) in [6, 6.07) is 12.3. The average molecular weight is 343 g/mol. The van der Waals surface area contributed by atoms with E-state index in [0.717, 1.165) is 16.3 Å². The highest BCUT2D eigenvalue weighted by Crippen LogP contribution is 2.21. The molecule has 0 saturated heterocycles. The Balaban J connectivity index is 0.000000963. The van der Waals surface area contributed by atoms with Crippen molar-refractivity contribution in [2.75, 3.05) is 6.26 Å². The highest BCUT2D eigenvalue weighted by atomic mass is 127. The molecule has 1 aromatic carbocycles. The fourth-order valence-electron chi connectivity index (χ4n) is 1.74. The quantitative estimate of drug-likeness (QED) is 0.502. The van der Waals surface area contributed by atoms with Crippen molar-refractivity contribution in [2.24, 2.45) is 0 Å². The average Bonchev–Trinajstić information content (AvgIpc) is 2.72. The van der Waals surface area contributed by atoms with Crippen LogP contribution in [0.2, 0.25) is 0 Å². The lowest BCUT2D eigenvalue weighted by Gasteiger charge is -2.02. The van der Waals surface area contributed by atoms with Gasteiger partial charge >= 0.3 is 0 Å². The molecule has 0 saturated carbocycles. The predicted octanol–water partition coefficient (Wildman–Crippen LogP) is 3.22. The summed E-state index contributed by atoms with van der Waals surface area (Å²) in [5.74, 6) is 0. The first-order valence-electron chi connectivity index (χ1n) is 4.67. The minimum atomic E-state index is 0. The minimum absolute atomic E-state index is 0. The second-order valence-electron chi connectivity index (χ2n) is 3.27. The van der Waals surface area contributed by atoms with Crippen molar-refractivity contribution in [3.63, 3.8) is 0 Å². The molecule has 82 valence electrons. The van der Waals surface area contributed by atoms with Gasteiger partial charge in [0, 0.05) is 0 Å². The number of benzene rings is 1. The Morgan fingerprint density at radius 1 is 1.06 bits per heavy atom. The normalized spacial score (nSPS) is 10.6. The van der Waals surface area contributed by atoms with Gasteiger partial charge in [-0.25, -0.2) is 0 Å². The van der Waals surface area contributed by atoms with E-state index in [4.69, 9.17) is 0 Å². The molecule has 0 atom stereocenters. The molecule has 16 heavy (non-hydrogen) atoms. The lowest BCUT2D eigenvalue weighted by molar-refractivity contribution is 0.943. The van der Waals surface area contributed by atoms with Crippen LogP contribution in [0.3, 0.4) is 0 Å². The fraction of sp³-hybridized carbons (Fsp3) is 0.0909. The first kappa shape index (κ1) is 11.7. The number of hydrogen-bond donors (Lipinski definition) is 0. The van der Waals surface area contributed by atoms with Gasteiger partial charge in [0.2, 0.25) is 0 Å². The fourth-order valence-corrected chi connectivity index (χ4v) is 2.24. The van der Waals surface area contributed by atoms with Gasteiger partial charge in [-0.1, -0.05) is 30.0 Å². The third-order valence-corrected chi connectivity index (χ3v) is 3.06. The van der Waals surface area contributed by atoms with E-state index in [1.807, 2.05) is 24.5 Å². The molecule has 3 rings (SSSR count). The molecule has 2 heterocycles. The standard InChI is InChI=1S/C11H9N3S.HI/c1-15-11-13-12-10-7-6-8-4-2-3-5-9(8)14(10)11;/h2-7H,1H3;1H. The zero-order chi connectivity index (χ0) is 10.3. The van der Waals surface area contributed by atoms with Crippen LogP contribution >= 0.6 is 35.7 Å². The van der Waals surface area contributed by atoms with Crippen LogP contribution in [0.15, 0.2) is 41.6 Å². The summed E-state index contributed by atoms with van der Waals surface area (Å²) < 4.78 is 2.08. The van der Waals surface area contributed by atoms with E-state index in [0.29, 0.717) is 0 Å². The molecule has 0 aliphatic heterocycles. The van der Waals surface area contributed by atoms with Crippen LogP contribution in [0.5, 0.6) is 0 Å². The number of hydrogen-bond acceptors (Lipinski definition) is 3. The largest absolute Gasteiger partial charge is 0.270 e. The number of aromatic nitrogens is 3. The van der Waals surface area contributed by atoms with Gasteiger partial charge in [0.15, 0.2) is 10.8 Å². The maximum absolute atomic E-state index is 4.14. The molecule has 0 aliphatic carbocycles. The summed E-state index contributed by atoms with van der Waals surface area (Å²) in [6.45, 7) is 0. The van der Waals surface area contributed by atoms with Crippen LogP contribution in [-0.2, 0) is 0 Å². The predicted molar refractivity (Wildman–Crippen MR) is 77.7 cm³/mol. The topological polar surface area (TPSA) is 30.2 Å². The van der Waals surface area contributed by atoms with Gasteiger partial charge in [-0.2, -0.15) is 0 Å². The van der Waals surface area contributed by atoms with Crippen LogP contribution in [0, 0.1) is 0 Å². The maximum Gasteiger partial charge on any atom is 0.195 e. The number of halogens is 1. The number of rotatable bonds is 1. The van der Waals surface area contributed by atoms with E-state index in [1.54, 1.807) is 11.8 Å². The van der Waals surface area contributed by atoms with Crippen molar-refractivity contribution in [3.05, 3.63) is 36.4 Å².